The van der Waals surface area contributed by atoms with E-state index >= 15 is 0 Å². The largest absolute Gasteiger partial charge is 0.478 e. The van der Waals surface area contributed by atoms with Gasteiger partial charge in [-0.2, -0.15) is 0 Å². The van der Waals surface area contributed by atoms with Crippen molar-refractivity contribution in [2.24, 2.45) is 0 Å². The highest BCUT2D eigenvalue weighted by Gasteiger charge is 2.19. The zero-order valence-corrected chi connectivity index (χ0v) is 17.7. The fourth-order valence-electron chi connectivity index (χ4n) is 2.79. The van der Waals surface area contributed by atoms with E-state index in [4.69, 9.17) is 5.11 Å². The number of hydrogen-bond donors (Lipinski definition) is 4. The number of carbonyl (C=O) groups excluding carboxylic acids is 2. The Morgan fingerprint density at radius 2 is 1.52 bits per heavy atom. The molecule has 0 aliphatic heterocycles. The molecule has 0 saturated carbocycles. The number of carbonyl (C=O) groups is 4. The molecular weight excluding hydrogens is 451 g/mol. The Labute approximate surface area is 191 Å². The average Bonchev–Trinajstić information content (AvgIpc) is 2.79. The highest BCUT2D eigenvalue weighted by atomic mass is 32.2. The third-order valence-corrected chi connectivity index (χ3v) is 5.33. The molecule has 0 bridgehead atoms. The van der Waals surface area contributed by atoms with Crippen molar-refractivity contribution in [3.8, 4) is 0 Å². The summed E-state index contributed by atoms with van der Waals surface area (Å²) in [5, 5.41) is 23.6. The van der Waals surface area contributed by atoms with Crippen LogP contribution in [0.25, 0.3) is 0 Å². The molecule has 0 aromatic heterocycles. The Balaban J connectivity index is 1.65. The first kappa shape index (κ1) is 23.5. The number of anilines is 2. The van der Waals surface area contributed by atoms with Gasteiger partial charge in [0.15, 0.2) is 0 Å². The molecule has 3 aromatic rings. The predicted octanol–water partition coefficient (Wildman–Crippen LogP) is 4.21. The van der Waals surface area contributed by atoms with Crippen molar-refractivity contribution < 1.29 is 33.8 Å². The Morgan fingerprint density at radius 3 is 2.18 bits per heavy atom. The maximum Gasteiger partial charge on any atom is 0.336 e. The molecule has 3 aromatic carbocycles. The number of carboxylic acids is 2. The first-order valence-corrected chi connectivity index (χ1v) is 10.4. The van der Waals surface area contributed by atoms with Crippen molar-refractivity contribution in [1.82, 2.24) is 0 Å². The number of thioether (sulfide) groups is 1. The van der Waals surface area contributed by atoms with Crippen molar-refractivity contribution in [2.45, 2.75) is 4.90 Å². The van der Waals surface area contributed by atoms with Crippen molar-refractivity contribution in [2.75, 3.05) is 16.4 Å². The molecular formula is C23H17FN2O6S. The van der Waals surface area contributed by atoms with Crippen molar-refractivity contribution in [3.05, 3.63) is 89.2 Å². The molecule has 168 valence electrons. The zero-order valence-electron chi connectivity index (χ0n) is 16.9. The summed E-state index contributed by atoms with van der Waals surface area (Å²) < 4.78 is 12.9. The quantitative estimate of drug-likeness (QED) is 0.364. The van der Waals surface area contributed by atoms with Gasteiger partial charge >= 0.3 is 11.9 Å². The van der Waals surface area contributed by atoms with Gasteiger partial charge in [-0.3, -0.25) is 9.59 Å². The number of aromatic carboxylic acids is 2. The molecule has 33 heavy (non-hydrogen) atoms. The summed E-state index contributed by atoms with van der Waals surface area (Å²) in [4.78, 5) is 47.9. The number of rotatable bonds is 8. The van der Waals surface area contributed by atoms with Crippen LogP contribution in [0.3, 0.4) is 0 Å². The molecule has 0 unspecified atom stereocenters. The van der Waals surface area contributed by atoms with Gasteiger partial charge in [-0.15, -0.1) is 11.8 Å². The van der Waals surface area contributed by atoms with Crippen LogP contribution in [0.1, 0.15) is 31.1 Å². The van der Waals surface area contributed by atoms with E-state index in [2.05, 4.69) is 10.6 Å². The SMILES string of the molecule is O=C(CSc1cccc(NC(=O)c2ccc(C(=O)O)cc2C(=O)O)c1)Nc1ccc(F)cc1. The molecule has 0 saturated heterocycles. The standard InChI is InChI=1S/C23H17FN2O6S/c24-14-5-7-15(8-6-14)25-20(27)12-33-17-3-1-2-16(11-17)26-21(28)18-9-4-13(22(29)30)10-19(18)23(31)32/h1-11H,12H2,(H,25,27)(H,26,28)(H,29,30)(H,31,32). The van der Waals surface area contributed by atoms with Gasteiger partial charge in [0.25, 0.3) is 5.91 Å². The van der Waals surface area contributed by atoms with Gasteiger partial charge in [-0.05, 0) is 60.7 Å². The average molecular weight is 468 g/mol. The van der Waals surface area contributed by atoms with E-state index < -0.39 is 29.2 Å². The summed E-state index contributed by atoms with van der Waals surface area (Å²) in [6, 6.07) is 15.2. The minimum Gasteiger partial charge on any atom is -0.478 e. The Kier molecular flexibility index (Phi) is 7.42. The molecule has 0 heterocycles. The molecule has 0 spiro atoms. The second-order valence-corrected chi connectivity index (χ2v) is 7.75. The number of carboxylic acid groups (broad SMARTS) is 2. The van der Waals surface area contributed by atoms with E-state index in [0.717, 1.165) is 18.2 Å². The van der Waals surface area contributed by atoms with Gasteiger partial charge in [-0.25, -0.2) is 14.0 Å². The summed E-state index contributed by atoms with van der Waals surface area (Å²) >= 11 is 1.20. The van der Waals surface area contributed by atoms with Crippen molar-refractivity contribution in [3.63, 3.8) is 0 Å². The topological polar surface area (TPSA) is 133 Å². The highest BCUT2D eigenvalue weighted by Crippen LogP contribution is 2.23. The lowest BCUT2D eigenvalue weighted by Gasteiger charge is -2.10. The number of amides is 2. The molecule has 2 amide bonds. The normalized spacial score (nSPS) is 10.3. The Bertz CT molecular complexity index is 1230. The summed E-state index contributed by atoms with van der Waals surface area (Å²) in [7, 11) is 0. The summed E-state index contributed by atoms with van der Waals surface area (Å²) in [6.45, 7) is 0. The van der Waals surface area contributed by atoms with Gasteiger partial charge in [0, 0.05) is 16.3 Å². The number of hydrogen-bond acceptors (Lipinski definition) is 5. The third kappa shape index (κ3) is 6.40. The Morgan fingerprint density at radius 1 is 0.788 bits per heavy atom. The number of benzene rings is 3. The number of nitrogens with one attached hydrogen (secondary N) is 2. The monoisotopic (exact) mass is 468 g/mol. The molecule has 0 fully saturated rings. The summed E-state index contributed by atoms with van der Waals surface area (Å²) in [5.74, 6) is -4.10. The van der Waals surface area contributed by atoms with Crippen LogP contribution in [0.15, 0.2) is 71.6 Å². The lowest BCUT2D eigenvalue weighted by atomic mass is 10.0. The minimum atomic E-state index is -1.43. The third-order valence-electron chi connectivity index (χ3n) is 4.33. The van der Waals surface area contributed by atoms with E-state index in [1.807, 2.05) is 0 Å². The minimum absolute atomic E-state index is 0.0641. The van der Waals surface area contributed by atoms with E-state index in [-0.39, 0.29) is 22.8 Å². The van der Waals surface area contributed by atoms with Crippen LogP contribution in [0.4, 0.5) is 15.8 Å². The Hall–Kier alpha value is -4.18. The molecule has 0 atom stereocenters. The van der Waals surface area contributed by atoms with E-state index in [0.29, 0.717) is 16.3 Å². The summed E-state index contributed by atoms with van der Waals surface area (Å²) in [6.07, 6.45) is 0. The van der Waals surface area contributed by atoms with Crippen LogP contribution < -0.4 is 10.6 Å². The first-order valence-electron chi connectivity index (χ1n) is 9.43. The van der Waals surface area contributed by atoms with Gasteiger partial charge in [0.05, 0.1) is 22.4 Å². The zero-order chi connectivity index (χ0) is 24.0. The molecule has 0 radical (unpaired) electrons. The lowest BCUT2D eigenvalue weighted by Crippen LogP contribution is -2.17. The second-order valence-electron chi connectivity index (χ2n) is 6.70. The number of halogens is 1. The van der Waals surface area contributed by atoms with E-state index in [9.17, 15) is 28.7 Å². The fourth-order valence-corrected chi connectivity index (χ4v) is 3.55. The smallest absolute Gasteiger partial charge is 0.336 e. The van der Waals surface area contributed by atoms with Gasteiger partial charge in [-0.1, -0.05) is 6.07 Å². The second kappa shape index (κ2) is 10.4. The van der Waals surface area contributed by atoms with Crippen molar-refractivity contribution >= 4 is 46.9 Å². The molecule has 10 heteroatoms. The van der Waals surface area contributed by atoms with E-state index in [1.54, 1.807) is 24.3 Å². The van der Waals surface area contributed by atoms with E-state index in [1.165, 1.54) is 36.0 Å². The van der Waals surface area contributed by atoms with Crippen LogP contribution in [0, 0.1) is 5.82 Å². The van der Waals surface area contributed by atoms with Crippen LogP contribution in [0.5, 0.6) is 0 Å². The van der Waals surface area contributed by atoms with Crippen molar-refractivity contribution in [1.29, 1.82) is 0 Å². The van der Waals surface area contributed by atoms with Crippen LogP contribution in [-0.2, 0) is 4.79 Å². The predicted molar refractivity (Wildman–Crippen MR) is 121 cm³/mol. The highest BCUT2D eigenvalue weighted by molar-refractivity contribution is 8.00. The fraction of sp³-hybridized carbons (Fsp3) is 0.0435. The summed E-state index contributed by atoms with van der Waals surface area (Å²) in [5.41, 5.74) is -0.0466. The van der Waals surface area contributed by atoms with Gasteiger partial charge in [0.2, 0.25) is 5.91 Å². The van der Waals surface area contributed by atoms with Crippen LogP contribution in [-0.4, -0.2) is 39.7 Å². The van der Waals surface area contributed by atoms with Gasteiger partial charge < -0.3 is 20.8 Å². The molecule has 0 aliphatic carbocycles. The first-order chi connectivity index (χ1) is 15.7. The maximum atomic E-state index is 12.9. The molecule has 0 aliphatic rings. The molecule has 8 nitrogen and oxygen atoms in total. The lowest BCUT2D eigenvalue weighted by molar-refractivity contribution is -0.113. The maximum absolute atomic E-state index is 12.9. The molecule has 3 rings (SSSR count). The molecule has 4 N–H and O–H groups in total. The van der Waals surface area contributed by atoms with Crippen LogP contribution in [0.2, 0.25) is 0 Å². The van der Waals surface area contributed by atoms with Crippen LogP contribution >= 0.6 is 11.8 Å². The van der Waals surface area contributed by atoms with Gasteiger partial charge in [0.1, 0.15) is 5.82 Å².